The molecule has 0 bridgehead atoms. The number of halogens is 1. The number of aromatic nitrogens is 2. The van der Waals surface area contributed by atoms with Gasteiger partial charge in [-0.2, -0.15) is 4.98 Å². The highest BCUT2D eigenvalue weighted by atomic mass is 35.5. The van der Waals surface area contributed by atoms with Crippen LogP contribution in [0.1, 0.15) is 5.69 Å². The maximum Gasteiger partial charge on any atom is 0.347 e. The molecular weight excluding hydrogens is 250 g/mol. The van der Waals surface area contributed by atoms with Crippen LogP contribution in [0.3, 0.4) is 0 Å². The third-order valence-corrected chi connectivity index (χ3v) is 2.88. The van der Waals surface area contributed by atoms with E-state index in [1.54, 1.807) is 17.7 Å². The highest BCUT2D eigenvalue weighted by Crippen LogP contribution is 2.19. The van der Waals surface area contributed by atoms with E-state index in [0.717, 1.165) is 11.4 Å². The number of rotatable bonds is 4. The average molecular weight is 264 g/mol. The summed E-state index contributed by atoms with van der Waals surface area (Å²) in [6.45, 7) is 2.97. The zero-order chi connectivity index (χ0) is 13.0. The second-order valence-electron chi connectivity index (χ2n) is 3.95. The summed E-state index contributed by atoms with van der Waals surface area (Å²) in [4.78, 5) is 15.4. The van der Waals surface area contributed by atoms with Crippen molar-refractivity contribution >= 4 is 17.3 Å². The fourth-order valence-corrected chi connectivity index (χ4v) is 1.80. The number of nitrogens with one attached hydrogen (secondary N) is 1. The number of hydrogen-bond donors (Lipinski definition) is 1. The third kappa shape index (κ3) is 3.11. The van der Waals surface area contributed by atoms with E-state index in [2.05, 4.69) is 10.3 Å². The van der Waals surface area contributed by atoms with Crippen LogP contribution >= 0.6 is 11.6 Å². The summed E-state index contributed by atoms with van der Waals surface area (Å²) < 4.78 is 1.57. The second kappa shape index (κ2) is 5.69. The van der Waals surface area contributed by atoms with Crippen LogP contribution in [0, 0.1) is 6.92 Å². The molecule has 1 aromatic carbocycles. The molecule has 2 aromatic rings. The number of aryl methyl sites for hydroxylation is 1. The van der Waals surface area contributed by atoms with E-state index >= 15 is 0 Å². The molecule has 2 rings (SSSR count). The molecule has 0 unspecified atom stereocenters. The first-order valence-corrected chi connectivity index (χ1v) is 6.07. The maximum atomic E-state index is 11.5. The fourth-order valence-electron chi connectivity index (χ4n) is 1.60. The molecule has 0 aliphatic heterocycles. The molecule has 4 nitrogen and oxygen atoms in total. The van der Waals surface area contributed by atoms with Crippen molar-refractivity contribution in [1.82, 2.24) is 9.55 Å². The first-order valence-electron chi connectivity index (χ1n) is 5.69. The molecule has 0 spiro atoms. The van der Waals surface area contributed by atoms with E-state index in [1.807, 2.05) is 30.3 Å². The number of benzene rings is 1. The molecule has 0 fully saturated rings. The molecule has 1 N–H and O–H groups in total. The van der Waals surface area contributed by atoms with Gasteiger partial charge < -0.3 is 5.32 Å². The molecule has 1 aromatic heterocycles. The highest BCUT2D eigenvalue weighted by molar-refractivity contribution is 6.33. The van der Waals surface area contributed by atoms with E-state index in [4.69, 9.17) is 11.6 Å². The van der Waals surface area contributed by atoms with E-state index < -0.39 is 0 Å². The molecule has 0 saturated heterocycles. The van der Waals surface area contributed by atoms with Crippen LogP contribution in [0.4, 0.5) is 5.69 Å². The number of anilines is 1. The molecule has 0 aliphatic carbocycles. The van der Waals surface area contributed by atoms with Crippen LogP contribution in [0.25, 0.3) is 0 Å². The van der Waals surface area contributed by atoms with Crippen molar-refractivity contribution < 1.29 is 0 Å². The lowest BCUT2D eigenvalue weighted by molar-refractivity contribution is 0.669. The van der Waals surface area contributed by atoms with Crippen molar-refractivity contribution in [3.8, 4) is 0 Å². The summed E-state index contributed by atoms with van der Waals surface area (Å²) in [5, 5.41) is 3.86. The minimum atomic E-state index is -0.226. The number of para-hydroxylation sites is 1. The van der Waals surface area contributed by atoms with Gasteiger partial charge in [0.25, 0.3) is 0 Å². The van der Waals surface area contributed by atoms with Crippen LogP contribution in [0.15, 0.2) is 41.3 Å². The Morgan fingerprint density at radius 3 is 2.83 bits per heavy atom. The Labute approximate surface area is 110 Å². The van der Waals surface area contributed by atoms with Gasteiger partial charge in [-0.3, -0.25) is 4.57 Å². The van der Waals surface area contributed by atoms with E-state index in [0.29, 0.717) is 18.1 Å². The Morgan fingerprint density at radius 2 is 2.11 bits per heavy atom. The van der Waals surface area contributed by atoms with Crippen LogP contribution in [-0.2, 0) is 6.54 Å². The van der Waals surface area contributed by atoms with Gasteiger partial charge in [-0.25, -0.2) is 4.79 Å². The quantitative estimate of drug-likeness (QED) is 0.921. The van der Waals surface area contributed by atoms with Crippen molar-refractivity contribution in [2.45, 2.75) is 13.5 Å². The van der Waals surface area contributed by atoms with Crippen molar-refractivity contribution in [3.63, 3.8) is 0 Å². The standard InChI is InChI=1S/C13H14ClN3O/c1-10-6-8-17(13(18)16-10)9-7-15-12-5-3-2-4-11(12)14/h2-6,8,15H,7,9H2,1H3. The molecule has 0 atom stereocenters. The summed E-state index contributed by atoms with van der Waals surface area (Å²) in [7, 11) is 0. The van der Waals surface area contributed by atoms with Gasteiger partial charge in [-0.05, 0) is 25.1 Å². The number of nitrogens with zero attached hydrogens (tertiary/aromatic N) is 2. The molecule has 0 aliphatic rings. The third-order valence-electron chi connectivity index (χ3n) is 2.56. The Balaban J connectivity index is 1.97. The second-order valence-corrected chi connectivity index (χ2v) is 4.36. The van der Waals surface area contributed by atoms with Crippen LogP contribution in [-0.4, -0.2) is 16.1 Å². The monoisotopic (exact) mass is 263 g/mol. The van der Waals surface area contributed by atoms with Gasteiger partial charge in [0.1, 0.15) is 0 Å². The van der Waals surface area contributed by atoms with E-state index in [1.165, 1.54) is 0 Å². The summed E-state index contributed by atoms with van der Waals surface area (Å²) in [5.41, 5.74) is 1.37. The summed E-state index contributed by atoms with van der Waals surface area (Å²) in [5.74, 6) is 0. The molecule has 94 valence electrons. The Morgan fingerprint density at radius 1 is 1.33 bits per heavy atom. The summed E-state index contributed by atoms with van der Waals surface area (Å²) >= 11 is 6.01. The van der Waals surface area contributed by atoms with Crippen molar-refractivity contribution in [3.05, 3.63) is 57.7 Å². The zero-order valence-electron chi connectivity index (χ0n) is 10.1. The van der Waals surface area contributed by atoms with Gasteiger partial charge in [-0.1, -0.05) is 23.7 Å². The topological polar surface area (TPSA) is 46.9 Å². The Hall–Kier alpha value is -1.81. The Kier molecular flexibility index (Phi) is 3.99. The lowest BCUT2D eigenvalue weighted by Crippen LogP contribution is -2.25. The highest BCUT2D eigenvalue weighted by Gasteiger charge is 1.99. The average Bonchev–Trinajstić information content (AvgIpc) is 2.34. The number of hydrogen-bond acceptors (Lipinski definition) is 3. The van der Waals surface area contributed by atoms with Crippen LogP contribution < -0.4 is 11.0 Å². The molecule has 0 saturated carbocycles. The van der Waals surface area contributed by atoms with Crippen molar-refractivity contribution in [1.29, 1.82) is 0 Å². The normalized spacial score (nSPS) is 10.3. The van der Waals surface area contributed by atoms with Gasteiger partial charge in [0.05, 0.1) is 10.7 Å². The van der Waals surface area contributed by atoms with Gasteiger partial charge in [0, 0.05) is 25.0 Å². The maximum absolute atomic E-state index is 11.5. The lowest BCUT2D eigenvalue weighted by atomic mass is 10.3. The van der Waals surface area contributed by atoms with E-state index in [-0.39, 0.29) is 5.69 Å². The zero-order valence-corrected chi connectivity index (χ0v) is 10.8. The minimum Gasteiger partial charge on any atom is -0.382 e. The first-order chi connectivity index (χ1) is 8.66. The lowest BCUT2D eigenvalue weighted by Gasteiger charge is -2.09. The van der Waals surface area contributed by atoms with Gasteiger partial charge in [0.2, 0.25) is 0 Å². The van der Waals surface area contributed by atoms with Crippen molar-refractivity contribution in [2.75, 3.05) is 11.9 Å². The molecule has 1 heterocycles. The minimum absolute atomic E-state index is 0.226. The van der Waals surface area contributed by atoms with Crippen LogP contribution in [0.2, 0.25) is 5.02 Å². The summed E-state index contributed by atoms with van der Waals surface area (Å²) in [6.07, 6.45) is 1.75. The Bertz CT molecular complexity index is 595. The predicted molar refractivity (Wildman–Crippen MR) is 73.2 cm³/mol. The predicted octanol–water partition coefficient (Wildman–Crippen LogP) is 2.32. The smallest absolute Gasteiger partial charge is 0.347 e. The van der Waals surface area contributed by atoms with Crippen LogP contribution in [0.5, 0.6) is 0 Å². The van der Waals surface area contributed by atoms with E-state index in [9.17, 15) is 4.79 Å². The molecule has 0 amide bonds. The largest absolute Gasteiger partial charge is 0.382 e. The molecule has 5 heteroatoms. The molecular formula is C13H14ClN3O. The summed E-state index contributed by atoms with van der Waals surface area (Å²) in [6, 6.07) is 9.33. The fraction of sp³-hybridized carbons (Fsp3) is 0.231. The first kappa shape index (κ1) is 12.6. The molecule has 18 heavy (non-hydrogen) atoms. The SMILES string of the molecule is Cc1ccn(CCNc2ccccc2Cl)c(=O)n1. The molecule has 0 radical (unpaired) electrons. The van der Waals surface area contributed by atoms with Gasteiger partial charge in [-0.15, -0.1) is 0 Å². The van der Waals surface area contributed by atoms with Crippen molar-refractivity contribution in [2.24, 2.45) is 0 Å². The van der Waals surface area contributed by atoms with Gasteiger partial charge in [0.15, 0.2) is 0 Å². The van der Waals surface area contributed by atoms with Gasteiger partial charge >= 0.3 is 5.69 Å².